The van der Waals surface area contributed by atoms with Gasteiger partial charge in [0.05, 0.1) is 17.3 Å². The largest absolute Gasteiger partial charge is 0.464 e. The lowest BCUT2D eigenvalue weighted by Gasteiger charge is -2.23. The molecule has 3 nitrogen and oxygen atoms in total. The van der Waals surface area contributed by atoms with Gasteiger partial charge in [0.1, 0.15) is 11.5 Å². The smallest absolute Gasteiger partial charge is 0.123 e. The lowest BCUT2D eigenvalue weighted by molar-refractivity contribution is 0.481. The number of nitrogens with one attached hydrogen (secondary N) is 1. The van der Waals surface area contributed by atoms with Crippen LogP contribution in [0.15, 0.2) is 34.7 Å². The Morgan fingerprint density at radius 1 is 1.25 bits per heavy atom. The van der Waals surface area contributed by atoms with Gasteiger partial charge in [0.2, 0.25) is 0 Å². The van der Waals surface area contributed by atoms with Crippen LogP contribution in [0.25, 0.3) is 0 Å². The first-order valence-corrected chi connectivity index (χ1v) is 7.24. The van der Waals surface area contributed by atoms with Crippen molar-refractivity contribution in [1.82, 2.24) is 5.32 Å². The van der Waals surface area contributed by atoms with Gasteiger partial charge in [-0.25, -0.2) is 0 Å². The lowest BCUT2D eigenvalue weighted by atomic mass is 10.1. The molecule has 0 atom stereocenters. The quantitative estimate of drug-likeness (QED) is 0.873. The predicted molar refractivity (Wildman–Crippen MR) is 84.4 cm³/mol. The molecule has 1 aromatic heterocycles. The summed E-state index contributed by atoms with van der Waals surface area (Å²) in [5, 5.41) is 4.12. The van der Waals surface area contributed by atoms with E-state index < -0.39 is 0 Å². The first-order chi connectivity index (χ1) is 9.61. The predicted octanol–water partition coefficient (Wildman–Crippen LogP) is 3.99. The fourth-order valence-electron chi connectivity index (χ4n) is 2.27. The number of halogens is 1. The Morgan fingerprint density at radius 2 is 2.05 bits per heavy atom. The molecule has 108 valence electrons. The molecule has 1 heterocycles. The third-order valence-corrected chi connectivity index (χ3v) is 3.51. The Kier molecular flexibility index (Phi) is 5.10. The number of nitrogens with zero attached hydrogens (tertiary/aromatic N) is 1. The van der Waals surface area contributed by atoms with Crippen LogP contribution in [0.5, 0.6) is 0 Å². The molecule has 2 rings (SSSR count). The molecular weight excluding hydrogens is 272 g/mol. The molecule has 0 amide bonds. The fraction of sp³-hybridized carbons (Fsp3) is 0.375. The van der Waals surface area contributed by atoms with Gasteiger partial charge >= 0.3 is 0 Å². The van der Waals surface area contributed by atoms with Crippen molar-refractivity contribution in [2.75, 3.05) is 18.5 Å². The average molecular weight is 293 g/mol. The first-order valence-electron chi connectivity index (χ1n) is 6.86. The summed E-state index contributed by atoms with van der Waals surface area (Å²) in [7, 11) is 2.04. The van der Waals surface area contributed by atoms with Crippen LogP contribution < -0.4 is 10.2 Å². The summed E-state index contributed by atoms with van der Waals surface area (Å²) in [6.45, 7) is 6.51. The maximum Gasteiger partial charge on any atom is 0.123 e. The van der Waals surface area contributed by atoms with Crippen molar-refractivity contribution in [3.63, 3.8) is 0 Å². The summed E-state index contributed by atoms with van der Waals surface area (Å²) in [4.78, 5) is 2.13. The Bertz CT molecular complexity index is 565. The number of furan rings is 1. The molecule has 0 saturated heterocycles. The molecule has 1 N–H and O–H groups in total. The molecule has 0 aliphatic carbocycles. The highest BCUT2D eigenvalue weighted by atomic mass is 35.5. The van der Waals surface area contributed by atoms with E-state index in [1.165, 1.54) is 5.56 Å². The van der Waals surface area contributed by atoms with Crippen molar-refractivity contribution in [2.45, 2.75) is 26.9 Å². The Balaban J connectivity index is 2.21. The standard InChI is InChI=1S/C16H21ClN2O/c1-4-18-10-13-6-5-7-15(17)16(13)19(3)11-14-9-8-12(2)20-14/h5-9,18H,4,10-11H2,1-3H3. The van der Waals surface area contributed by atoms with Gasteiger partial charge in [-0.05, 0) is 37.2 Å². The molecule has 2 aromatic rings. The van der Waals surface area contributed by atoms with E-state index in [0.29, 0.717) is 6.54 Å². The average Bonchev–Trinajstić information content (AvgIpc) is 2.81. The summed E-state index contributed by atoms with van der Waals surface area (Å²) >= 11 is 6.37. The number of para-hydroxylation sites is 1. The van der Waals surface area contributed by atoms with Gasteiger partial charge in [-0.15, -0.1) is 0 Å². The normalized spacial score (nSPS) is 10.8. The highest BCUT2D eigenvalue weighted by Gasteiger charge is 2.13. The minimum Gasteiger partial charge on any atom is -0.464 e. The van der Waals surface area contributed by atoms with Crippen LogP contribution in [-0.4, -0.2) is 13.6 Å². The first kappa shape index (κ1) is 14.9. The molecule has 20 heavy (non-hydrogen) atoms. The highest BCUT2D eigenvalue weighted by molar-refractivity contribution is 6.33. The number of anilines is 1. The van der Waals surface area contributed by atoms with Crippen molar-refractivity contribution in [3.8, 4) is 0 Å². The molecule has 0 unspecified atom stereocenters. The maximum absolute atomic E-state index is 6.37. The Hall–Kier alpha value is -1.45. The third kappa shape index (κ3) is 3.56. The highest BCUT2D eigenvalue weighted by Crippen LogP contribution is 2.30. The van der Waals surface area contributed by atoms with Gasteiger partial charge in [0.15, 0.2) is 0 Å². The zero-order valence-corrected chi connectivity index (χ0v) is 13.0. The van der Waals surface area contributed by atoms with Crippen LogP contribution in [-0.2, 0) is 13.1 Å². The molecule has 0 aliphatic heterocycles. The summed E-state index contributed by atoms with van der Waals surface area (Å²) in [6.07, 6.45) is 0. The summed E-state index contributed by atoms with van der Waals surface area (Å²) < 4.78 is 5.64. The Labute approximate surface area is 125 Å². The summed E-state index contributed by atoms with van der Waals surface area (Å²) in [6, 6.07) is 10.0. The molecule has 4 heteroatoms. The van der Waals surface area contributed by atoms with Gasteiger partial charge < -0.3 is 14.6 Å². The monoisotopic (exact) mass is 292 g/mol. The van der Waals surface area contributed by atoms with E-state index in [1.54, 1.807) is 0 Å². The molecule has 0 bridgehead atoms. The second-order valence-corrected chi connectivity index (χ2v) is 5.30. The van der Waals surface area contributed by atoms with Gasteiger partial charge in [0, 0.05) is 13.6 Å². The van der Waals surface area contributed by atoms with Gasteiger partial charge in [0.25, 0.3) is 0 Å². The number of hydrogen-bond donors (Lipinski definition) is 1. The van der Waals surface area contributed by atoms with E-state index in [1.807, 2.05) is 38.2 Å². The number of hydrogen-bond acceptors (Lipinski definition) is 3. The molecule has 1 aromatic carbocycles. The number of aryl methyl sites for hydroxylation is 1. The van der Waals surface area contributed by atoms with E-state index in [2.05, 4.69) is 23.2 Å². The fourth-order valence-corrected chi connectivity index (χ4v) is 2.61. The molecule has 0 aliphatic rings. The molecule has 0 saturated carbocycles. The van der Waals surface area contributed by atoms with Crippen LogP contribution >= 0.6 is 11.6 Å². The van der Waals surface area contributed by atoms with Crippen LogP contribution in [0, 0.1) is 6.92 Å². The zero-order chi connectivity index (χ0) is 14.5. The van der Waals surface area contributed by atoms with E-state index in [-0.39, 0.29) is 0 Å². The lowest BCUT2D eigenvalue weighted by Crippen LogP contribution is -2.20. The summed E-state index contributed by atoms with van der Waals surface area (Å²) in [5.41, 5.74) is 2.26. The molecule has 0 spiro atoms. The van der Waals surface area contributed by atoms with Crippen molar-refractivity contribution in [1.29, 1.82) is 0 Å². The van der Waals surface area contributed by atoms with Crippen LogP contribution in [0.2, 0.25) is 5.02 Å². The Morgan fingerprint density at radius 3 is 2.70 bits per heavy atom. The SMILES string of the molecule is CCNCc1cccc(Cl)c1N(C)Cc1ccc(C)o1. The van der Waals surface area contributed by atoms with Crippen LogP contribution in [0.3, 0.4) is 0 Å². The van der Waals surface area contributed by atoms with Crippen molar-refractivity contribution >= 4 is 17.3 Å². The minimum atomic E-state index is 0.705. The molecule has 0 radical (unpaired) electrons. The second-order valence-electron chi connectivity index (χ2n) is 4.90. The molecular formula is C16H21ClN2O. The van der Waals surface area contributed by atoms with Crippen molar-refractivity contribution in [3.05, 3.63) is 52.4 Å². The molecule has 0 fully saturated rings. The summed E-state index contributed by atoms with van der Waals surface area (Å²) in [5.74, 6) is 1.87. The number of benzene rings is 1. The second kappa shape index (κ2) is 6.82. The van der Waals surface area contributed by atoms with E-state index >= 15 is 0 Å². The van der Waals surface area contributed by atoms with E-state index in [9.17, 15) is 0 Å². The third-order valence-electron chi connectivity index (χ3n) is 3.21. The minimum absolute atomic E-state index is 0.705. The van der Waals surface area contributed by atoms with Crippen molar-refractivity contribution in [2.24, 2.45) is 0 Å². The maximum atomic E-state index is 6.37. The van der Waals surface area contributed by atoms with Crippen LogP contribution in [0.4, 0.5) is 5.69 Å². The van der Waals surface area contributed by atoms with E-state index in [0.717, 1.165) is 35.3 Å². The van der Waals surface area contributed by atoms with Crippen molar-refractivity contribution < 1.29 is 4.42 Å². The van der Waals surface area contributed by atoms with E-state index in [4.69, 9.17) is 16.0 Å². The number of rotatable bonds is 6. The van der Waals surface area contributed by atoms with Crippen LogP contribution in [0.1, 0.15) is 24.0 Å². The zero-order valence-electron chi connectivity index (χ0n) is 12.2. The van der Waals surface area contributed by atoms with Gasteiger partial charge in [-0.1, -0.05) is 30.7 Å². The van der Waals surface area contributed by atoms with Gasteiger partial charge in [-0.3, -0.25) is 0 Å². The van der Waals surface area contributed by atoms with Gasteiger partial charge in [-0.2, -0.15) is 0 Å². The topological polar surface area (TPSA) is 28.4 Å².